The number of hydrogen-bond acceptors (Lipinski definition) is 5. The molecule has 4 rings (SSSR count). The highest BCUT2D eigenvalue weighted by Gasteiger charge is 2.32. The van der Waals surface area contributed by atoms with Crippen molar-refractivity contribution in [1.29, 1.82) is 0 Å². The number of hydrogen-bond donors (Lipinski definition) is 3. The fourth-order valence-electron chi connectivity index (χ4n) is 3.53. The number of cyclic esters (lactones) is 1. The van der Waals surface area contributed by atoms with E-state index in [2.05, 4.69) is 20.9 Å². The predicted octanol–water partition coefficient (Wildman–Crippen LogP) is 2.74. The highest BCUT2D eigenvalue weighted by molar-refractivity contribution is 5.90. The van der Waals surface area contributed by atoms with Crippen molar-refractivity contribution < 1.29 is 23.5 Å². The Labute approximate surface area is 188 Å². The summed E-state index contributed by atoms with van der Waals surface area (Å²) in [6, 6.07) is 7.59. The maximum Gasteiger partial charge on any atom is 0.414 e. The number of amides is 4. The van der Waals surface area contributed by atoms with Gasteiger partial charge in [-0.2, -0.15) is 0 Å². The molecule has 10 nitrogen and oxygen atoms in total. The first-order chi connectivity index (χ1) is 15.8. The molecule has 0 radical (unpaired) electrons. The molecule has 0 aliphatic carbocycles. The number of halogens is 1. The summed E-state index contributed by atoms with van der Waals surface area (Å²) in [5.74, 6) is -0.358. The smallest absolute Gasteiger partial charge is 0.414 e. The first-order valence-corrected chi connectivity index (χ1v) is 10.4. The van der Waals surface area contributed by atoms with E-state index in [-0.39, 0.29) is 25.0 Å². The lowest BCUT2D eigenvalue weighted by Gasteiger charge is -2.14. The fraction of sp³-hybridized carbons (Fsp3) is 0.273. The second-order valence-corrected chi connectivity index (χ2v) is 7.51. The maximum absolute atomic E-state index is 15.0. The molecular formula is C22H23FN6O4. The molecule has 172 valence electrons. The summed E-state index contributed by atoms with van der Waals surface area (Å²) >= 11 is 0. The van der Waals surface area contributed by atoms with Crippen LogP contribution in [0.15, 0.2) is 42.7 Å². The van der Waals surface area contributed by atoms with E-state index in [1.54, 1.807) is 41.1 Å². The minimum absolute atomic E-state index is 0.194. The second-order valence-electron chi connectivity index (χ2n) is 7.51. The number of aromatic nitrogens is 2. The highest BCUT2D eigenvalue weighted by Crippen LogP contribution is 2.29. The number of rotatable bonds is 6. The van der Waals surface area contributed by atoms with E-state index < -0.39 is 18.0 Å². The third-order valence-electron chi connectivity index (χ3n) is 5.06. The van der Waals surface area contributed by atoms with Gasteiger partial charge in [-0.25, -0.2) is 19.0 Å². The standard InChI is InChI=1S/C22H23FN6O4/c1-3-24-21(31)27-19-12-28-10-14(4-7-20(28)26-19)17-6-5-15(8-18(17)23)29-11-16(33-22(29)32)9-25-13(2)30/h4-8,10,12,16H,3,9,11H2,1-2H3,(H,25,30)(H2,24,27,31)/t16-/m0/s1. The van der Waals surface area contributed by atoms with Crippen LogP contribution in [-0.4, -0.2) is 53.2 Å². The molecule has 1 saturated heterocycles. The summed E-state index contributed by atoms with van der Waals surface area (Å²) in [5, 5.41) is 7.86. The summed E-state index contributed by atoms with van der Waals surface area (Å²) in [6.45, 7) is 4.08. The van der Waals surface area contributed by atoms with Crippen LogP contribution in [0.25, 0.3) is 16.8 Å². The molecule has 0 spiro atoms. The third kappa shape index (κ3) is 4.86. The zero-order chi connectivity index (χ0) is 23.5. The number of benzene rings is 1. The second kappa shape index (κ2) is 9.15. The van der Waals surface area contributed by atoms with E-state index in [9.17, 15) is 14.4 Å². The van der Waals surface area contributed by atoms with Gasteiger partial charge in [-0.3, -0.25) is 15.0 Å². The molecule has 3 aromatic rings. The Hall–Kier alpha value is -4.15. The lowest BCUT2D eigenvalue weighted by Crippen LogP contribution is -2.33. The molecule has 3 N–H and O–H groups in total. The average Bonchev–Trinajstić information content (AvgIpc) is 3.34. The summed E-state index contributed by atoms with van der Waals surface area (Å²) in [6.07, 6.45) is 2.24. The molecule has 33 heavy (non-hydrogen) atoms. The Morgan fingerprint density at radius 3 is 2.76 bits per heavy atom. The first kappa shape index (κ1) is 22.1. The number of pyridine rings is 1. The molecule has 1 aromatic carbocycles. The van der Waals surface area contributed by atoms with Crippen molar-refractivity contribution in [3.63, 3.8) is 0 Å². The first-order valence-electron chi connectivity index (χ1n) is 10.4. The molecule has 1 aliphatic heterocycles. The van der Waals surface area contributed by atoms with Gasteiger partial charge in [0, 0.05) is 30.8 Å². The van der Waals surface area contributed by atoms with E-state index in [1.807, 2.05) is 6.92 Å². The number of carbonyl (C=O) groups is 3. The molecule has 1 fully saturated rings. The molecule has 0 saturated carbocycles. The summed E-state index contributed by atoms with van der Waals surface area (Å²) < 4.78 is 21.9. The molecule has 1 aliphatic rings. The molecule has 3 heterocycles. The zero-order valence-electron chi connectivity index (χ0n) is 18.1. The minimum Gasteiger partial charge on any atom is -0.442 e. The molecule has 1 atom stereocenters. The van der Waals surface area contributed by atoms with Gasteiger partial charge in [0.25, 0.3) is 0 Å². The minimum atomic E-state index is -0.593. The number of anilines is 2. The summed E-state index contributed by atoms with van der Waals surface area (Å²) in [5.41, 5.74) is 1.90. The van der Waals surface area contributed by atoms with Crippen molar-refractivity contribution in [3.05, 3.63) is 48.5 Å². The van der Waals surface area contributed by atoms with Crippen molar-refractivity contribution in [2.45, 2.75) is 20.0 Å². The van der Waals surface area contributed by atoms with Gasteiger partial charge in [0.1, 0.15) is 17.6 Å². The van der Waals surface area contributed by atoms with Crippen LogP contribution in [0.5, 0.6) is 0 Å². The Kier molecular flexibility index (Phi) is 6.11. The lowest BCUT2D eigenvalue weighted by atomic mass is 10.1. The molecule has 2 aromatic heterocycles. The number of imidazole rings is 1. The van der Waals surface area contributed by atoms with E-state index in [0.717, 1.165) is 0 Å². The van der Waals surface area contributed by atoms with Crippen molar-refractivity contribution in [1.82, 2.24) is 20.0 Å². The van der Waals surface area contributed by atoms with Gasteiger partial charge in [0.05, 0.1) is 25.0 Å². The third-order valence-corrected chi connectivity index (χ3v) is 5.06. The Morgan fingerprint density at radius 2 is 2.03 bits per heavy atom. The highest BCUT2D eigenvalue weighted by atomic mass is 19.1. The van der Waals surface area contributed by atoms with Crippen LogP contribution in [0.1, 0.15) is 13.8 Å². The summed E-state index contributed by atoms with van der Waals surface area (Å²) in [4.78, 5) is 40.6. The van der Waals surface area contributed by atoms with Crippen LogP contribution in [0.3, 0.4) is 0 Å². The van der Waals surface area contributed by atoms with E-state index in [4.69, 9.17) is 4.74 Å². The van der Waals surface area contributed by atoms with Crippen molar-refractivity contribution in [2.75, 3.05) is 29.9 Å². The predicted molar refractivity (Wildman–Crippen MR) is 120 cm³/mol. The largest absolute Gasteiger partial charge is 0.442 e. The van der Waals surface area contributed by atoms with Crippen molar-refractivity contribution in [3.8, 4) is 11.1 Å². The van der Waals surface area contributed by atoms with Crippen molar-refractivity contribution in [2.24, 2.45) is 0 Å². The van der Waals surface area contributed by atoms with Gasteiger partial charge in [0.15, 0.2) is 5.82 Å². The number of carbonyl (C=O) groups excluding carboxylic acids is 3. The topological polar surface area (TPSA) is 117 Å². The van der Waals surface area contributed by atoms with Gasteiger partial charge in [-0.1, -0.05) is 0 Å². The quantitative estimate of drug-likeness (QED) is 0.530. The molecule has 4 amide bonds. The van der Waals surface area contributed by atoms with Crippen LogP contribution in [-0.2, 0) is 9.53 Å². The van der Waals surface area contributed by atoms with Gasteiger partial charge in [0.2, 0.25) is 5.91 Å². The van der Waals surface area contributed by atoms with Crippen LogP contribution in [0, 0.1) is 5.82 Å². The zero-order valence-corrected chi connectivity index (χ0v) is 18.1. The van der Waals surface area contributed by atoms with Gasteiger partial charge >= 0.3 is 12.1 Å². The number of nitrogens with zero attached hydrogens (tertiary/aromatic N) is 3. The average molecular weight is 454 g/mol. The molecular weight excluding hydrogens is 431 g/mol. The molecule has 0 unspecified atom stereocenters. The Balaban J connectivity index is 1.52. The number of urea groups is 1. The van der Waals surface area contributed by atoms with Gasteiger partial charge < -0.3 is 19.8 Å². The fourth-order valence-corrected chi connectivity index (χ4v) is 3.53. The maximum atomic E-state index is 15.0. The van der Waals surface area contributed by atoms with Crippen LogP contribution < -0.4 is 20.9 Å². The van der Waals surface area contributed by atoms with Crippen LogP contribution >= 0.6 is 0 Å². The summed E-state index contributed by atoms with van der Waals surface area (Å²) in [7, 11) is 0. The number of ether oxygens (including phenoxy) is 1. The lowest BCUT2D eigenvalue weighted by molar-refractivity contribution is -0.119. The SMILES string of the molecule is CCNC(=O)Nc1cn2cc(-c3ccc(N4C[C@H](CNC(C)=O)OC4=O)cc3F)ccc2n1. The van der Waals surface area contributed by atoms with Crippen LogP contribution in [0.4, 0.5) is 25.5 Å². The molecule has 11 heteroatoms. The van der Waals surface area contributed by atoms with E-state index in [0.29, 0.717) is 34.8 Å². The van der Waals surface area contributed by atoms with Crippen molar-refractivity contribution >= 4 is 35.2 Å². The van der Waals surface area contributed by atoms with Gasteiger partial charge in [-0.15, -0.1) is 0 Å². The van der Waals surface area contributed by atoms with Gasteiger partial charge in [-0.05, 0) is 37.3 Å². The molecule has 0 bridgehead atoms. The Bertz CT molecular complexity index is 1230. The Morgan fingerprint density at radius 1 is 1.21 bits per heavy atom. The monoisotopic (exact) mass is 454 g/mol. The number of nitrogens with one attached hydrogen (secondary N) is 3. The normalized spacial score (nSPS) is 15.4. The van der Waals surface area contributed by atoms with E-state index in [1.165, 1.54) is 17.9 Å². The number of fused-ring (bicyclic) bond motifs is 1. The van der Waals surface area contributed by atoms with Crippen LogP contribution in [0.2, 0.25) is 0 Å². The van der Waals surface area contributed by atoms with E-state index >= 15 is 4.39 Å².